The van der Waals surface area contributed by atoms with E-state index in [9.17, 15) is 15.0 Å². The van der Waals surface area contributed by atoms with Crippen molar-refractivity contribution >= 4 is 49.6 Å². The SMILES string of the molecule is COc1ccc(-c2ccc(-c3cnn4c(N(COCC[Si](C)(C)C)COCC[Si](C)(C)C)c(Br)c(C5CC6CCC(C5)N6C(=O)O)nc34)cn2)cc1CO. The van der Waals surface area contributed by atoms with Crippen LogP contribution < -0.4 is 9.64 Å². The number of ether oxygens (including phenoxy) is 3. The predicted octanol–water partition coefficient (Wildman–Crippen LogP) is 8.54. The van der Waals surface area contributed by atoms with Crippen LogP contribution in [0.4, 0.5) is 10.6 Å². The smallest absolute Gasteiger partial charge is 0.407 e. The van der Waals surface area contributed by atoms with Gasteiger partial charge in [-0.05, 0) is 78.0 Å². The van der Waals surface area contributed by atoms with Crippen molar-refractivity contribution in [2.24, 2.45) is 0 Å². The van der Waals surface area contributed by atoms with Gasteiger partial charge in [0.15, 0.2) is 11.5 Å². The molecule has 12 nitrogen and oxygen atoms in total. The number of methoxy groups -OCH3 is 1. The summed E-state index contributed by atoms with van der Waals surface area (Å²) in [5.41, 5.74) is 5.61. The van der Waals surface area contributed by atoms with Crippen LogP contribution in [-0.4, -0.2) is 103 Å². The Bertz CT molecular complexity index is 1900. The molecule has 2 aliphatic rings. The minimum Gasteiger partial charge on any atom is -0.496 e. The van der Waals surface area contributed by atoms with Gasteiger partial charge in [0.25, 0.3) is 0 Å². The Morgan fingerprint density at radius 1 is 0.944 bits per heavy atom. The van der Waals surface area contributed by atoms with Gasteiger partial charge in [0.1, 0.15) is 19.2 Å². The van der Waals surface area contributed by atoms with E-state index in [0.29, 0.717) is 56.5 Å². The van der Waals surface area contributed by atoms with Crippen molar-refractivity contribution < 1.29 is 29.2 Å². The van der Waals surface area contributed by atoms with E-state index >= 15 is 0 Å². The molecule has 0 aliphatic carbocycles. The molecule has 1 aromatic carbocycles. The number of aliphatic hydroxyl groups is 1. The summed E-state index contributed by atoms with van der Waals surface area (Å²) in [6.07, 6.45) is 5.99. The second kappa shape index (κ2) is 16.8. The number of nitrogens with zero attached hydrogens (tertiary/aromatic N) is 6. The first-order valence-electron chi connectivity index (χ1n) is 18.9. The maximum Gasteiger partial charge on any atom is 0.407 e. The van der Waals surface area contributed by atoms with Crippen molar-refractivity contribution in [2.75, 3.05) is 38.7 Å². The van der Waals surface area contributed by atoms with Gasteiger partial charge in [0.05, 0.1) is 35.8 Å². The molecule has 5 heterocycles. The number of amides is 1. The van der Waals surface area contributed by atoms with E-state index in [-0.39, 0.29) is 24.6 Å². The average molecular weight is 840 g/mol. The summed E-state index contributed by atoms with van der Waals surface area (Å²) in [5.74, 6) is 1.49. The normalized spacial score (nSPS) is 18.8. The molecule has 1 amide bonds. The fraction of sp³-hybridized carbons (Fsp3) is 0.538. The van der Waals surface area contributed by atoms with Crippen LogP contribution in [0.15, 0.2) is 47.2 Å². The van der Waals surface area contributed by atoms with Gasteiger partial charge in [0, 0.05) is 75.8 Å². The first-order chi connectivity index (χ1) is 25.7. The van der Waals surface area contributed by atoms with E-state index in [1.54, 1.807) is 12.0 Å². The topological polar surface area (TPSA) is 135 Å². The summed E-state index contributed by atoms with van der Waals surface area (Å²) in [6, 6.07) is 11.7. The summed E-state index contributed by atoms with van der Waals surface area (Å²) >= 11 is 4.02. The molecule has 0 spiro atoms. The average Bonchev–Trinajstić information content (AvgIpc) is 3.67. The van der Waals surface area contributed by atoms with Crippen LogP contribution in [0.3, 0.4) is 0 Å². The highest BCUT2D eigenvalue weighted by atomic mass is 79.9. The zero-order valence-corrected chi connectivity index (χ0v) is 36.2. The van der Waals surface area contributed by atoms with Gasteiger partial charge in [-0.1, -0.05) is 45.3 Å². The van der Waals surface area contributed by atoms with Crippen molar-refractivity contribution in [1.29, 1.82) is 0 Å². The Labute approximate surface area is 329 Å². The molecular weight excluding hydrogens is 785 g/mol. The highest BCUT2D eigenvalue weighted by Gasteiger charge is 2.45. The molecule has 2 fully saturated rings. The Hall–Kier alpha value is -3.35. The molecule has 2 saturated heterocycles. The fourth-order valence-corrected chi connectivity index (χ4v) is 9.83. The molecule has 0 saturated carbocycles. The molecule has 15 heteroatoms. The van der Waals surface area contributed by atoms with Crippen LogP contribution in [-0.2, 0) is 16.1 Å². The number of hydrogen-bond donors (Lipinski definition) is 2. The third-order valence-corrected chi connectivity index (χ3v) is 14.7. The zero-order chi connectivity index (χ0) is 38.8. The number of halogens is 1. The van der Waals surface area contributed by atoms with E-state index < -0.39 is 22.2 Å². The number of hydrogen-bond acceptors (Lipinski definition) is 9. The van der Waals surface area contributed by atoms with Gasteiger partial charge in [-0.2, -0.15) is 9.61 Å². The van der Waals surface area contributed by atoms with Gasteiger partial charge in [0.2, 0.25) is 0 Å². The first kappa shape index (κ1) is 40.3. The monoisotopic (exact) mass is 838 g/mol. The largest absolute Gasteiger partial charge is 0.496 e. The molecule has 6 rings (SSSR count). The third kappa shape index (κ3) is 9.19. The van der Waals surface area contributed by atoms with Gasteiger partial charge in [-0.15, -0.1) is 0 Å². The van der Waals surface area contributed by atoms with E-state index in [2.05, 4.69) is 60.1 Å². The van der Waals surface area contributed by atoms with Crippen molar-refractivity contribution in [2.45, 2.75) is 102 Å². The lowest BCUT2D eigenvalue weighted by atomic mass is 9.88. The Balaban J connectivity index is 1.41. The quantitative estimate of drug-likeness (QED) is 0.0643. The summed E-state index contributed by atoms with van der Waals surface area (Å²) in [7, 11) is -1.04. The van der Waals surface area contributed by atoms with Gasteiger partial charge in [-0.25, -0.2) is 9.78 Å². The second-order valence-corrected chi connectivity index (χ2v) is 29.1. The number of anilines is 1. The molecule has 3 aromatic heterocycles. The molecule has 2 bridgehead atoms. The molecule has 2 aliphatic heterocycles. The second-order valence-electron chi connectivity index (χ2n) is 17.0. The van der Waals surface area contributed by atoms with E-state index in [1.165, 1.54) is 0 Å². The van der Waals surface area contributed by atoms with Crippen LogP contribution in [0.25, 0.3) is 28.0 Å². The molecule has 54 heavy (non-hydrogen) atoms. The van der Waals surface area contributed by atoms with Crippen molar-refractivity contribution in [3.8, 4) is 28.1 Å². The van der Waals surface area contributed by atoms with Gasteiger partial charge < -0.3 is 34.2 Å². The van der Waals surface area contributed by atoms with Crippen molar-refractivity contribution in [3.63, 3.8) is 0 Å². The van der Waals surface area contributed by atoms with Crippen molar-refractivity contribution in [1.82, 2.24) is 24.5 Å². The Kier molecular flexibility index (Phi) is 12.5. The Morgan fingerprint density at radius 3 is 2.11 bits per heavy atom. The lowest BCUT2D eigenvalue weighted by Gasteiger charge is -2.37. The maximum atomic E-state index is 12.2. The fourth-order valence-electron chi connectivity index (χ4n) is 7.49. The summed E-state index contributed by atoms with van der Waals surface area (Å²) < 4.78 is 20.8. The predicted molar refractivity (Wildman–Crippen MR) is 221 cm³/mol. The lowest BCUT2D eigenvalue weighted by molar-refractivity contribution is 0.0932. The zero-order valence-electron chi connectivity index (χ0n) is 32.6. The van der Waals surface area contributed by atoms with Crippen LogP contribution in [0.2, 0.25) is 51.4 Å². The number of rotatable bonds is 16. The van der Waals surface area contributed by atoms with Crippen LogP contribution >= 0.6 is 15.9 Å². The molecule has 0 radical (unpaired) electrons. The highest BCUT2D eigenvalue weighted by molar-refractivity contribution is 9.10. The summed E-state index contributed by atoms with van der Waals surface area (Å²) in [5, 5.41) is 24.8. The van der Waals surface area contributed by atoms with Crippen molar-refractivity contribution in [3.05, 3.63) is 58.5 Å². The van der Waals surface area contributed by atoms with E-state index in [1.807, 2.05) is 47.2 Å². The number of fused-ring (bicyclic) bond motifs is 3. The van der Waals surface area contributed by atoms with Gasteiger partial charge >= 0.3 is 6.09 Å². The number of pyridine rings is 1. The summed E-state index contributed by atoms with van der Waals surface area (Å²) in [4.78, 5) is 26.1. The minimum atomic E-state index is -1.31. The van der Waals surface area contributed by atoms with Gasteiger partial charge in [-0.3, -0.25) is 4.98 Å². The highest BCUT2D eigenvalue weighted by Crippen LogP contribution is 2.46. The van der Waals surface area contributed by atoms with Crippen LogP contribution in [0.5, 0.6) is 5.75 Å². The molecule has 2 N–H and O–H groups in total. The summed E-state index contributed by atoms with van der Waals surface area (Å²) in [6.45, 7) is 15.9. The first-order valence-corrected chi connectivity index (χ1v) is 27.1. The molecule has 2 atom stereocenters. The number of carbonyl (C=O) groups is 1. The number of carboxylic acid groups (broad SMARTS) is 1. The lowest BCUT2D eigenvalue weighted by Crippen LogP contribution is -2.45. The molecule has 292 valence electrons. The molecular formula is C39H55BrN6O6Si2. The maximum absolute atomic E-state index is 12.2. The number of aliphatic hydroxyl groups excluding tert-OH is 1. The number of aromatic nitrogens is 4. The van der Waals surface area contributed by atoms with E-state index in [4.69, 9.17) is 29.3 Å². The standard InChI is InChI=1S/C39H55BrN6O6Si2/c1-50-34-13-9-26(18-29(34)23-47)33-12-8-27(21-41-33)32-22-42-46-37(32)43-36(28-19-30-10-11-31(20-28)45(30)39(48)49)35(40)38(46)44(24-51-14-16-53(2,3)4)25-52-15-17-54(5,6)7/h8-9,12-13,18,21-22,28,30-31,47H,10-11,14-17,19-20,23-25H2,1-7H3,(H,48,49). The number of benzene rings is 1. The number of piperidine rings is 1. The van der Waals surface area contributed by atoms with Crippen LogP contribution in [0.1, 0.15) is 42.9 Å². The Morgan fingerprint density at radius 2 is 1.57 bits per heavy atom. The van der Waals surface area contributed by atoms with Crippen LogP contribution in [0, 0.1) is 0 Å². The van der Waals surface area contributed by atoms with E-state index in [0.717, 1.165) is 63.3 Å². The third-order valence-electron chi connectivity index (χ3n) is 10.5. The molecule has 2 unspecified atom stereocenters. The molecule has 4 aromatic rings. The minimum absolute atomic E-state index is 0.0315.